The van der Waals surface area contributed by atoms with Gasteiger partial charge in [-0.05, 0) is 36.1 Å². The van der Waals surface area contributed by atoms with Crippen LogP contribution in [0.3, 0.4) is 0 Å². The van der Waals surface area contributed by atoms with Crippen LogP contribution in [-0.2, 0) is 10.8 Å². The summed E-state index contributed by atoms with van der Waals surface area (Å²) in [7, 11) is 0. The van der Waals surface area contributed by atoms with Gasteiger partial charge in [0.05, 0.1) is 5.69 Å². The molecule has 3 nitrogen and oxygen atoms in total. The molecule has 2 heterocycles. The van der Waals surface area contributed by atoms with Crippen molar-refractivity contribution >= 4 is 27.9 Å². The highest BCUT2D eigenvalue weighted by Gasteiger charge is 2.37. The van der Waals surface area contributed by atoms with Crippen LogP contribution in [0.25, 0.3) is 5.57 Å². The van der Waals surface area contributed by atoms with Gasteiger partial charge in [0.25, 0.3) is 0 Å². The second kappa shape index (κ2) is 6.90. The molecule has 1 aliphatic carbocycles. The maximum atomic E-state index is 5.12. The Balaban J connectivity index is 2.07. The van der Waals surface area contributed by atoms with Gasteiger partial charge in [0, 0.05) is 28.4 Å². The fourth-order valence-corrected chi connectivity index (χ4v) is 4.64. The van der Waals surface area contributed by atoms with Gasteiger partial charge >= 0.3 is 0 Å². The van der Waals surface area contributed by atoms with Crippen molar-refractivity contribution < 1.29 is 0 Å². The minimum Gasteiger partial charge on any atom is -0.302 e. The van der Waals surface area contributed by atoms with Crippen molar-refractivity contribution in [3.8, 4) is 0 Å². The Bertz CT molecular complexity index is 834. The molecule has 3 rings (SSSR count). The smallest absolute Gasteiger partial charge is 0.191 e. The van der Waals surface area contributed by atoms with Crippen molar-refractivity contribution in [3.05, 3.63) is 53.2 Å². The summed E-state index contributed by atoms with van der Waals surface area (Å²) in [5.41, 5.74) is 3.28. The number of thiazole rings is 1. The van der Waals surface area contributed by atoms with Crippen LogP contribution in [0.4, 0.5) is 10.9 Å². The van der Waals surface area contributed by atoms with Crippen LogP contribution in [0.5, 0.6) is 0 Å². The highest BCUT2D eigenvalue weighted by Crippen LogP contribution is 2.46. The fourth-order valence-electron chi connectivity index (χ4n) is 3.30. The van der Waals surface area contributed by atoms with Crippen LogP contribution in [0.15, 0.2) is 37.1 Å². The standard InChI is InChI=1S/C23H31N3S/c1-15(2)14-26(18-10-9-17(13-24-18)16(3)4)21-25-19-20(27-21)23(7,8)12-11-22(19,5)6/h9-13,15H,3,14H2,1-2,4-8H3. The quantitative estimate of drug-likeness (QED) is 0.554. The third kappa shape index (κ3) is 3.86. The molecular weight excluding hydrogens is 350 g/mol. The van der Waals surface area contributed by atoms with Gasteiger partial charge in [-0.1, -0.05) is 60.3 Å². The maximum absolute atomic E-state index is 5.12. The van der Waals surface area contributed by atoms with Crippen molar-refractivity contribution in [2.24, 2.45) is 5.92 Å². The third-order valence-electron chi connectivity index (χ3n) is 5.02. The largest absolute Gasteiger partial charge is 0.302 e. The zero-order chi connectivity index (χ0) is 20.0. The number of aromatic nitrogens is 2. The molecule has 144 valence electrons. The molecule has 0 saturated carbocycles. The highest BCUT2D eigenvalue weighted by molar-refractivity contribution is 7.16. The maximum Gasteiger partial charge on any atom is 0.191 e. The molecule has 0 aliphatic heterocycles. The highest BCUT2D eigenvalue weighted by atomic mass is 32.1. The van der Waals surface area contributed by atoms with Gasteiger partial charge in [-0.2, -0.15) is 0 Å². The number of hydrogen-bond donors (Lipinski definition) is 0. The summed E-state index contributed by atoms with van der Waals surface area (Å²) in [6, 6.07) is 4.18. The first-order valence-corrected chi connectivity index (χ1v) is 10.4. The first-order chi connectivity index (χ1) is 12.5. The molecule has 0 aromatic carbocycles. The summed E-state index contributed by atoms with van der Waals surface area (Å²) in [4.78, 5) is 13.5. The average molecular weight is 382 g/mol. The van der Waals surface area contributed by atoms with E-state index in [4.69, 9.17) is 9.97 Å². The number of hydrogen-bond acceptors (Lipinski definition) is 4. The molecule has 0 atom stereocenters. The fraction of sp³-hybridized carbons (Fsp3) is 0.478. The molecule has 0 radical (unpaired) electrons. The molecule has 0 N–H and O–H groups in total. The monoisotopic (exact) mass is 381 g/mol. The van der Waals surface area contributed by atoms with Crippen molar-refractivity contribution in [2.75, 3.05) is 11.4 Å². The summed E-state index contributed by atoms with van der Waals surface area (Å²) < 4.78 is 0. The number of rotatable bonds is 5. The molecule has 4 heteroatoms. The van der Waals surface area contributed by atoms with Gasteiger partial charge in [0.2, 0.25) is 0 Å². The van der Waals surface area contributed by atoms with Crippen LogP contribution in [0, 0.1) is 5.92 Å². The van der Waals surface area contributed by atoms with E-state index in [-0.39, 0.29) is 10.8 Å². The normalized spacial score (nSPS) is 17.0. The van der Waals surface area contributed by atoms with E-state index in [0.29, 0.717) is 5.92 Å². The minimum atomic E-state index is -0.0413. The van der Waals surface area contributed by atoms with E-state index in [1.807, 2.05) is 13.1 Å². The zero-order valence-electron chi connectivity index (χ0n) is 17.6. The summed E-state index contributed by atoms with van der Waals surface area (Å²) >= 11 is 1.81. The lowest BCUT2D eigenvalue weighted by Crippen LogP contribution is -2.28. The second-order valence-electron chi connectivity index (χ2n) is 9.14. The summed E-state index contributed by atoms with van der Waals surface area (Å²) in [6.07, 6.45) is 6.53. The van der Waals surface area contributed by atoms with E-state index in [1.165, 1.54) is 10.6 Å². The lowest BCUT2D eigenvalue weighted by Gasteiger charge is -2.32. The molecule has 0 spiro atoms. The van der Waals surface area contributed by atoms with Gasteiger partial charge in [-0.15, -0.1) is 11.3 Å². The lowest BCUT2D eigenvalue weighted by molar-refractivity contribution is 0.559. The van der Waals surface area contributed by atoms with E-state index in [0.717, 1.165) is 28.6 Å². The summed E-state index contributed by atoms with van der Waals surface area (Å²) in [5.74, 6) is 1.45. The number of nitrogens with zero attached hydrogens (tertiary/aromatic N) is 3. The lowest BCUT2D eigenvalue weighted by atomic mass is 9.75. The van der Waals surface area contributed by atoms with Crippen LogP contribution in [-0.4, -0.2) is 16.5 Å². The molecule has 0 fully saturated rings. The average Bonchev–Trinajstić information content (AvgIpc) is 3.05. The van der Waals surface area contributed by atoms with Crippen LogP contribution in [0.1, 0.15) is 64.6 Å². The van der Waals surface area contributed by atoms with Gasteiger partial charge < -0.3 is 4.90 Å². The predicted octanol–water partition coefficient (Wildman–Crippen LogP) is 6.49. The van der Waals surface area contributed by atoms with Crippen molar-refractivity contribution in [3.63, 3.8) is 0 Å². The molecule has 0 bridgehead atoms. The first kappa shape index (κ1) is 19.8. The SMILES string of the molecule is C=C(C)c1ccc(N(CC(C)C)c2nc3c(s2)C(C)(C)C=CC3(C)C)nc1. The van der Waals surface area contributed by atoms with E-state index >= 15 is 0 Å². The molecule has 0 unspecified atom stereocenters. The molecule has 2 aromatic rings. The van der Waals surface area contributed by atoms with Crippen molar-refractivity contribution in [2.45, 2.75) is 59.3 Å². The van der Waals surface area contributed by atoms with E-state index in [1.54, 1.807) is 11.3 Å². The Hall–Kier alpha value is -1.94. The van der Waals surface area contributed by atoms with Crippen molar-refractivity contribution in [1.29, 1.82) is 0 Å². The molecular formula is C23H31N3S. The van der Waals surface area contributed by atoms with Gasteiger partial charge in [0.1, 0.15) is 5.82 Å². The summed E-state index contributed by atoms with van der Waals surface area (Å²) in [5, 5.41) is 1.04. The Morgan fingerprint density at radius 2 is 1.81 bits per heavy atom. The zero-order valence-corrected chi connectivity index (χ0v) is 18.4. The Morgan fingerprint density at radius 1 is 1.15 bits per heavy atom. The number of pyridine rings is 1. The Labute approximate surface area is 167 Å². The molecule has 2 aromatic heterocycles. The second-order valence-corrected chi connectivity index (χ2v) is 10.1. The van der Waals surface area contributed by atoms with Gasteiger partial charge in [-0.25, -0.2) is 9.97 Å². The van der Waals surface area contributed by atoms with Gasteiger partial charge in [-0.3, -0.25) is 0 Å². The topological polar surface area (TPSA) is 29.0 Å². The van der Waals surface area contributed by atoms with E-state index in [2.05, 4.69) is 77.3 Å². The number of fused-ring (bicyclic) bond motifs is 1. The summed E-state index contributed by atoms with van der Waals surface area (Å²) in [6.45, 7) is 20.4. The van der Waals surface area contributed by atoms with Crippen LogP contribution in [0.2, 0.25) is 0 Å². The Morgan fingerprint density at radius 3 is 2.33 bits per heavy atom. The first-order valence-electron chi connectivity index (χ1n) is 9.63. The Kier molecular flexibility index (Phi) is 5.06. The number of anilines is 2. The molecule has 1 aliphatic rings. The molecule has 0 saturated heterocycles. The molecule has 27 heavy (non-hydrogen) atoms. The van der Waals surface area contributed by atoms with Crippen molar-refractivity contribution in [1.82, 2.24) is 9.97 Å². The van der Waals surface area contributed by atoms with E-state index < -0.39 is 0 Å². The predicted molar refractivity (Wildman–Crippen MR) is 118 cm³/mol. The van der Waals surface area contributed by atoms with Crippen LogP contribution >= 0.6 is 11.3 Å². The van der Waals surface area contributed by atoms with E-state index in [9.17, 15) is 0 Å². The van der Waals surface area contributed by atoms with Crippen LogP contribution < -0.4 is 4.90 Å². The number of allylic oxidation sites excluding steroid dienone is 3. The van der Waals surface area contributed by atoms with Gasteiger partial charge in [0.15, 0.2) is 5.13 Å². The molecule has 0 amide bonds. The third-order valence-corrected chi connectivity index (χ3v) is 6.44. The minimum absolute atomic E-state index is 0.0154.